The summed E-state index contributed by atoms with van der Waals surface area (Å²) in [5.74, 6) is 0.451. The van der Waals surface area contributed by atoms with Crippen LogP contribution in [0.1, 0.15) is 38.8 Å². The largest absolute Gasteiger partial charge is 0.444 e. The highest BCUT2D eigenvalue weighted by molar-refractivity contribution is 9.10. The molecule has 1 N–H and O–H groups in total. The Labute approximate surface area is 150 Å². The number of nitrogens with one attached hydrogen (secondary N) is 1. The minimum Gasteiger partial charge on any atom is -0.444 e. The predicted molar refractivity (Wildman–Crippen MR) is 96.6 cm³/mol. The van der Waals surface area contributed by atoms with Gasteiger partial charge in [0.2, 0.25) is 0 Å². The van der Waals surface area contributed by atoms with Crippen molar-refractivity contribution in [3.8, 4) is 0 Å². The Morgan fingerprint density at radius 3 is 2.67 bits per heavy atom. The number of fused-ring (bicyclic) bond motifs is 4. The molecule has 2 atom stereocenters. The maximum absolute atomic E-state index is 12.6. The summed E-state index contributed by atoms with van der Waals surface area (Å²) in [7, 11) is 1.80. The van der Waals surface area contributed by atoms with Crippen molar-refractivity contribution >= 4 is 27.7 Å². The van der Waals surface area contributed by atoms with Crippen molar-refractivity contribution < 1.29 is 9.53 Å². The summed E-state index contributed by atoms with van der Waals surface area (Å²) in [6, 6.07) is 2.02. The number of ether oxygens (including phenoxy) is 1. The van der Waals surface area contributed by atoms with Crippen LogP contribution < -0.4 is 10.9 Å². The van der Waals surface area contributed by atoms with Crippen LogP contribution in [0.3, 0.4) is 0 Å². The van der Waals surface area contributed by atoms with Crippen LogP contribution >= 0.6 is 15.9 Å². The van der Waals surface area contributed by atoms with E-state index in [9.17, 15) is 9.59 Å². The molecule has 3 rings (SSSR count). The zero-order valence-electron chi connectivity index (χ0n) is 14.6. The molecule has 3 heterocycles. The number of halogens is 1. The molecule has 0 aromatic carbocycles. The minimum absolute atomic E-state index is 0.00253. The van der Waals surface area contributed by atoms with Gasteiger partial charge in [0.1, 0.15) is 10.1 Å². The second-order valence-electron chi connectivity index (χ2n) is 7.65. The van der Waals surface area contributed by atoms with E-state index in [-0.39, 0.29) is 23.5 Å². The molecule has 1 unspecified atom stereocenters. The van der Waals surface area contributed by atoms with Gasteiger partial charge >= 0.3 is 6.09 Å². The van der Waals surface area contributed by atoms with Crippen LogP contribution in [0, 0.1) is 5.92 Å². The number of likely N-dealkylation sites (tertiary alicyclic amines) is 1. The maximum atomic E-state index is 12.6. The first-order valence-electron chi connectivity index (χ1n) is 8.28. The molecule has 0 radical (unpaired) electrons. The van der Waals surface area contributed by atoms with Gasteiger partial charge in [-0.25, -0.2) is 4.79 Å². The number of aromatic nitrogens is 1. The molecule has 1 aromatic rings. The summed E-state index contributed by atoms with van der Waals surface area (Å²) in [4.78, 5) is 26.8. The Hall–Kier alpha value is -1.50. The third-order valence-electron chi connectivity index (χ3n) is 4.59. The summed E-state index contributed by atoms with van der Waals surface area (Å²) in [5, 5.41) is 3.06. The normalized spacial score (nSPS) is 22.8. The van der Waals surface area contributed by atoms with Crippen molar-refractivity contribution in [2.24, 2.45) is 5.92 Å². The Morgan fingerprint density at radius 2 is 2.04 bits per heavy atom. The lowest BCUT2D eigenvalue weighted by molar-refractivity contribution is 0.0102. The number of carbonyl (C=O) groups is 1. The van der Waals surface area contributed by atoms with Crippen LogP contribution in [0.2, 0.25) is 0 Å². The van der Waals surface area contributed by atoms with Gasteiger partial charge in [-0.15, -0.1) is 0 Å². The molecule has 132 valence electrons. The summed E-state index contributed by atoms with van der Waals surface area (Å²) < 4.78 is 7.94. The van der Waals surface area contributed by atoms with E-state index in [1.54, 1.807) is 11.9 Å². The van der Waals surface area contributed by atoms with Gasteiger partial charge < -0.3 is 19.5 Å². The molecule has 2 bridgehead atoms. The van der Waals surface area contributed by atoms with E-state index < -0.39 is 5.60 Å². The van der Waals surface area contributed by atoms with E-state index in [1.165, 1.54) is 0 Å². The number of piperidine rings is 1. The minimum atomic E-state index is -0.497. The van der Waals surface area contributed by atoms with Crippen molar-refractivity contribution in [2.75, 3.05) is 25.5 Å². The monoisotopic (exact) mass is 397 g/mol. The molecule has 1 aromatic heterocycles. The average Bonchev–Trinajstić information content (AvgIpc) is 2.49. The molecule has 2 aliphatic rings. The molecular formula is C17H24BrN3O3. The Balaban J connectivity index is 1.90. The van der Waals surface area contributed by atoms with E-state index >= 15 is 0 Å². The van der Waals surface area contributed by atoms with Gasteiger partial charge in [-0.2, -0.15) is 0 Å². The lowest BCUT2D eigenvalue weighted by Gasteiger charge is -2.43. The summed E-state index contributed by atoms with van der Waals surface area (Å²) in [5.41, 5.74) is 1.29. The molecule has 7 heteroatoms. The topological polar surface area (TPSA) is 63.6 Å². The van der Waals surface area contributed by atoms with Crippen molar-refractivity contribution in [2.45, 2.75) is 45.3 Å². The molecule has 0 saturated carbocycles. The third-order valence-corrected chi connectivity index (χ3v) is 5.36. The standard InChI is InChI=1S/C17H24BrN3O3/c1-17(2,3)24-16(23)20-7-10-5-11(9-20)13-6-12(19-4)14(18)15(22)21(13)8-10/h6,10-11,19H,5,7-9H2,1-4H3/t10?,11-/m0/s1. The second kappa shape index (κ2) is 6.10. The molecule has 2 aliphatic heterocycles. The van der Waals surface area contributed by atoms with Crippen molar-refractivity contribution in [3.63, 3.8) is 0 Å². The van der Waals surface area contributed by atoms with Crippen LogP contribution in [-0.4, -0.2) is 41.3 Å². The summed E-state index contributed by atoms with van der Waals surface area (Å²) in [6.45, 7) is 7.51. The van der Waals surface area contributed by atoms with Gasteiger partial charge in [0, 0.05) is 38.3 Å². The number of carbonyl (C=O) groups excluding carboxylic acids is 1. The first kappa shape index (κ1) is 17.3. The number of anilines is 1. The van der Waals surface area contributed by atoms with Gasteiger partial charge in [0.15, 0.2) is 0 Å². The van der Waals surface area contributed by atoms with Gasteiger partial charge in [-0.1, -0.05) is 0 Å². The van der Waals surface area contributed by atoms with Crippen molar-refractivity contribution in [1.29, 1.82) is 0 Å². The van der Waals surface area contributed by atoms with Gasteiger partial charge in [-0.3, -0.25) is 4.79 Å². The Kier molecular flexibility index (Phi) is 4.40. The quantitative estimate of drug-likeness (QED) is 0.790. The predicted octanol–water partition coefficient (Wildman–Crippen LogP) is 3.01. The Bertz CT molecular complexity index is 723. The first-order chi connectivity index (χ1) is 11.2. The lowest BCUT2D eigenvalue weighted by atomic mass is 9.83. The maximum Gasteiger partial charge on any atom is 0.410 e. The molecule has 1 amide bonds. The number of hydrogen-bond acceptors (Lipinski definition) is 4. The van der Waals surface area contributed by atoms with E-state index in [2.05, 4.69) is 21.2 Å². The van der Waals surface area contributed by atoms with Crippen LogP contribution in [-0.2, 0) is 11.3 Å². The molecule has 0 aliphatic carbocycles. The lowest BCUT2D eigenvalue weighted by Crippen LogP contribution is -2.50. The number of rotatable bonds is 1. The van der Waals surface area contributed by atoms with E-state index in [0.29, 0.717) is 24.1 Å². The molecule has 1 fully saturated rings. The molecule has 6 nitrogen and oxygen atoms in total. The molecule has 24 heavy (non-hydrogen) atoms. The van der Waals surface area contributed by atoms with Gasteiger partial charge in [0.05, 0.1) is 5.69 Å². The summed E-state index contributed by atoms with van der Waals surface area (Å²) >= 11 is 3.39. The average molecular weight is 398 g/mol. The van der Waals surface area contributed by atoms with Crippen molar-refractivity contribution in [1.82, 2.24) is 9.47 Å². The fourth-order valence-corrected chi connectivity index (χ4v) is 4.16. The molecule has 1 saturated heterocycles. The summed E-state index contributed by atoms with van der Waals surface area (Å²) in [6.07, 6.45) is 0.739. The molecule has 0 spiro atoms. The van der Waals surface area contributed by atoms with E-state index in [4.69, 9.17) is 4.74 Å². The number of amides is 1. The first-order valence-corrected chi connectivity index (χ1v) is 9.08. The van der Waals surface area contributed by atoms with Crippen LogP contribution in [0.4, 0.5) is 10.5 Å². The fourth-order valence-electron chi connectivity index (χ4n) is 3.63. The SMILES string of the molecule is CNc1cc2n(c(=O)c1Br)CC1C[C@H]2CN(C(=O)OC(C)(C)C)C1. The zero-order chi connectivity index (χ0) is 17.6. The van der Waals surface area contributed by atoms with Crippen LogP contribution in [0.15, 0.2) is 15.3 Å². The highest BCUT2D eigenvalue weighted by Crippen LogP contribution is 2.37. The number of hydrogen-bond donors (Lipinski definition) is 1. The van der Waals surface area contributed by atoms with Gasteiger partial charge in [0.25, 0.3) is 5.56 Å². The highest BCUT2D eigenvalue weighted by Gasteiger charge is 2.38. The smallest absolute Gasteiger partial charge is 0.410 e. The van der Waals surface area contributed by atoms with E-state index in [1.807, 2.05) is 31.4 Å². The molecular weight excluding hydrogens is 374 g/mol. The highest BCUT2D eigenvalue weighted by atomic mass is 79.9. The fraction of sp³-hybridized carbons (Fsp3) is 0.647. The van der Waals surface area contributed by atoms with Crippen LogP contribution in [0.25, 0.3) is 0 Å². The van der Waals surface area contributed by atoms with E-state index in [0.717, 1.165) is 17.8 Å². The third kappa shape index (κ3) is 3.18. The van der Waals surface area contributed by atoms with Gasteiger partial charge in [-0.05, 0) is 55.1 Å². The zero-order valence-corrected chi connectivity index (χ0v) is 16.1. The second-order valence-corrected chi connectivity index (χ2v) is 8.44. The van der Waals surface area contributed by atoms with Crippen LogP contribution in [0.5, 0.6) is 0 Å². The van der Waals surface area contributed by atoms with Crippen molar-refractivity contribution in [3.05, 3.63) is 26.6 Å². The Morgan fingerprint density at radius 1 is 1.33 bits per heavy atom. The number of pyridine rings is 1. The number of nitrogens with zero attached hydrogens (tertiary/aromatic N) is 2.